The maximum atomic E-state index is 14.0. The minimum Gasteiger partial charge on any atom is -0.462 e. The van der Waals surface area contributed by atoms with Crippen molar-refractivity contribution in [2.45, 2.75) is 195 Å². The molecule has 4 saturated carbocycles. The van der Waals surface area contributed by atoms with Crippen LogP contribution in [0.3, 0.4) is 0 Å². The van der Waals surface area contributed by atoms with Crippen LogP contribution in [0, 0.1) is 52.8 Å². The van der Waals surface area contributed by atoms with Crippen molar-refractivity contribution in [1.82, 2.24) is 4.72 Å². The summed E-state index contributed by atoms with van der Waals surface area (Å²) >= 11 is 0. The number of alkyl halides is 4. The maximum absolute atomic E-state index is 14.0. The molecule has 63 heavy (non-hydrogen) atoms. The predicted molar refractivity (Wildman–Crippen MR) is 244 cm³/mol. The molecule has 0 heterocycles. The molecule has 4 aliphatic carbocycles. The first-order valence-corrected chi connectivity index (χ1v) is 21.3. The zero-order chi connectivity index (χ0) is 44.5. The van der Waals surface area contributed by atoms with Crippen molar-refractivity contribution in [2.75, 3.05) is 13.2 Å². The van der Waals surface area contributed by atoms with E-state index in [0.717, 1.165) is 12.8 Å². The topological polar surface area (TPSA) is 187 Å². The van der Waals surface area contributed by atoms with E-state index in [1.54, 1.807) is 20.8 Å². The van der Waals surface area contributed by atoms with Crippen LogP contribution in [0.1, 0.15) is 179 Å². The van der Waals surface area contributed by atoms with Gasteiger partial charge in [-0.3, -0.25) is 28.8 Å². The van der Waals surface area contributed by atoms with Gasteiger partial charge in [0.05, 0.1) is 17.4 Å². The molecule has 4 aliphatic rings. The molecule has 0 saturated heterocycles. The number of ketones is 3. The minimum absolute atomic E-state index is 0. The number of esters is 2. The minimum atomic E-state index is -5.58. The number of ether oxygens (including phenoxy) is 2. The molecular weight excluding hydrogens is 851 g/mol. The van der Waals surface area contributed by atoms with E-state index >= 15 is 0 Å². The first kappa shape index (κ1) is 71.7. The fourth-order valence-corrected chi connectivity index (χ4v) is 8.46. The molecule has 1 amide bonds. The van der Waals surface area contributed by atoms with Gasteiger partial charge < -0.3 is 14.6 Å². The highest BCUT2D eigenvalue weighted by Crippen LogP contribution is 2.55. The Bertz CT molecular complexity index is 1530. The fourth-order valence-electron chi connectivity index (χ4n) is 7.93. The van der Waals surface area contributed by atoms with Crippen molar-refractivity contribution >= 4 is 45.2 Å². The number of rotatable bonds is 11. The molecule has 17 heteroatoms. The van der Waals surface area contributed by atoms with Gasteiger partial charge in [-0.2, -0.15) is 21.6 Å². The van der Waals surface area contributed by atoms with Crippen LogP contribution in [0.25, 0.3) is 0 Å². The summed E-state index contributed by atoms with van der Waals surface area (Å²) in [4.78, 5) is 66.4. The summed E-state index contributed by atoms with van der Waals surface area (Å²) in [5.74, 6) is -1.61. The monoisotopic (exact) mass is 940 g/mol. The third-order valence-electron chi connectivity index (χ3n) is 12.5. The Labute approximate surface area is 379 Å². The summed E-state index contributed by atoms with van der Waals surface area (Å²) in [7, 11) is -5.58. The molecule has 2 bridgehead atoms. The van der Waals surface area contributed by atoms with Gasteiger partial charge in [-0.15, -0.1) is 0 Å². The van der Waals surface area contributed by atoms with Crippen LogP contribution in [0.5, 0.6) is 0 Å². The van der Waals surface area contributed by atoms with Gasteiger partial charge in [0.15, 0.2) is 0 Å². The second-order valence-corrected chi connectivity index (χ2v) is 18.8. The van der Waals surface area contributed by atoms with Gasteiger partial charge in [0.2, 0.25) is 5.91 Å². The van der Waals surface area contributed by atoms with Crippen molar-refractivity contribution in [1.29, 1.82) is 0 Å². The van der Waals surface area contributed by atoms with Crippen molar-refractivity contribution in [2.24, 2.45) is 52.8 Å². The Kier molecular flexibility index (Phi) is 32.8. The molecule has 10 unspecified atom stereocenters. The smallest absolute Gasteiger partial charge is 0.462 e. The maximum Gasteiger partial charge on any atom is 0.516 e. The first-order valence-electron chi connectivity index (χ1n) is 19.8. The Morgan fingerprint density at radius 3 is 1.65 bits per heavy atom. The average molecular weight is 940 g/mol. The Morgan fingerprint density at radius 1 is 0.841 bits per heavy atom. The molecule has 4 rings (SSSR count). The lowest BCUT2D eigenvalue weighted by atomic mass is 9.75. The Hall–Kier alpha value is -2.95. The van der Waals surface area contributed by atoms with E-state index in [1.165, 1.54) is 11.6 Å². The largest absolute Gasteiger partial charge is 0.516 e. The number of hydrogen-bond donors (Lipinski definition) is 2. The highest BCUT2D eigenvalue weighted by molar-refractivity contribution is 7.90. The van der Waals surface area contributed by atoms with E-state index in [2.05, 4.69) is 6.92 Å². The quantitative estimate of drug-likeness (QED) is 0.0868. The number of carbonyl (C=O) groups is 6. The normalized spacial score (nSPS) is 28.8. The molecule has 0 aromatic heterocycles. The van der Waals surface area contributed by atoms with Crippen molar-refractivity contribution in [3.05, 3.63) is 0 Å². The van der Waals surface area contributed by atoms with Crippen LogP contribution in [0.4, 0.5) is 17.6 Å². The zero-order valence-electron chi connectivity index (χ0n) is 35.3. The summed E-state index contributed by atoms with van der Waals surface area (Å²) in [6, 6.07) is 0. The summed E-state index contributed by atoms with van der Waals surface area (Å²) < 4.78 is 83.3. The van der Waals surface area contributed by atoms with Crippen LogP contribution in [-0.2, 0) is 48.3 Å². The molecule has 0 spiro atoms. The average Bonchev–Trinajstić information content (AvgIpc) is 3.79. The van der Waals surface area contributed by atoms with Gasteiger partial charge in [0.1, 0.15) is 42.7 Å². The van der Waals surface area contributed by atoms with E-state index in [4.69, 9.17) is 9.47 Å². The summed E-state index contributed by atoms with van der Waals surface area (Å²) in [6.07, 6.45) is 4.18. The van der Waals surface area contributed by atoms with Gasteiger partial charge in [-0.25, -0.2) is 9.11 Å². The molecule has 0 aliphatic heterocycles. The first-order chi connectivity index (χ1) is 25.9. The second-order valence-electron chi connectivity index (χ2n) is 17.2. The number of sulfonamides is 1. The number of amides is 1. The van der Waals surface area contributed by atoms with E-state index in [-0.39, 0.29) is 124 Å². The van der Waals surface area contributed by atoms with Gasteiger partial charge >= 0.3 is 27.5 Å². The highest BCUT2D eigenvalue weighted by atomic mass is 32.2. The van der Waals surface area contributed by atoms with Gasteiger partial charge in [0, 0.05) is 24.2 Å². The van der Waals surface area contributed by atoms with Gasteiger partial charge in [0.25, 0.3) is 0 Å². The Morgan fingerprint density at radius 2 is 1.32 bits per heavy atom. The number of carbonyl (C=O) groups excluding carboxylic acids is 6. The third-order valence-corrected chi connectivity index (χ3v) is 13.5. The molecular formula is C46H89F4NO11S. The molecule has 0 aromatic rings. The third kappa shape index (κ3) is 20.4. The number of Topliss-reactive ketones (excluding diaryl/α,β-unsaturated/α-hetero) is 3. The zero-order valence-corrected chi connectivity index (χ0v) is 36.2. The lowest BCUT2D eigenvalue weighted by Crippen LogP contribution is -2.45. The lowest BCUT2D eigenvalue weighted by molar-refractivity contribution is -0.159. The standard InChI is InChI=1S/C12H20O5.C11H16F3NO3S.C10H19FO.C7H10O2.6CH4/c1-5-12(3,4)11(15)17-7-6-16-10(14)8-9(2)13;1-5-6(2)8-3-7(5)4-9(8)10(16)15-19(17,18)11(12,13)14;1-4-8-6-9(3,12)7-10(8,11)5-2;1-4-5(2)7(9)3-6(4)8;;;;;;/h5-8H2,1-4H3;5-9H,3-4H2,1-2H3,(H,15,16);8,12H,4-7H2,1-3H3;4-5H,3H2,1-2H3;6*1H4. The van der Waals surface area contributed by atoms with Gasteiger partial charge in [-0.1, -0.05) is 99.4 Å². The second kappa shape index (κ2) is 28.8. The van der Waals surface area contributed by atoms with Crippen LogP contribution < -0.4 is 4.72 Å². The number of fused-ring (bicyclic) bond motifs is 2. The van der Waals surface area contributed by atoms with Crippen molar-refractivity contribution in [3.63, 3.8) is 0 Å². The number of nitrogens with one attached hydrogen (secondary N) is 1. The van der Waals surface area contributed by atoms with Crippen molar-refractivity contribution < 1.29 is 69.3 Å². The molecule has 4 fully saturated rings. The molecule has 0 aromatic carbocycles. The number of aliphatic hydroxyl groups is 1. The van der Waals surface area contributed by atoms with E-state index in [9.17, 15) is 59.9 Å². The molecule has 2 N–H and O–H groups in total. The lowest BCUT2D eigenvalue weighted by Gasteiger charge is -2.30. The predicted octanol–water partition coefficient (Wildman–Crippen LogP) is 10.7. The Balaban J connectivity index is -0.000000172. The summed E-state index contributed by atoms with van der Waals surface area (Å²) in [5, 5.41) is 9.72. The van der Waals surface area contributed by atoms with Crippen LogP contribution in [0.2, 0.25) is 0 Å². The van der Waals surface area contributed by atoms with Crippen LogP contribution in [0.15, 0.2) is 0 Å². The fraction of sp³-hybridized carbons (Fsp3) is 0.870. The van der Waals surface area contributed by atoms with E-state index in [0.29, 0.717) is 43.9 Å². The van der Waals surface area contributed by atoms with E-state index in [1.807, 2.05) is 41.5 Å². The molecule has 10 atom stereocenters. The van der Waals surface area contributed by atoms with Crippen LogP contribution >= 0.6 is 0 Å². The molecule has 0 radical (unpaired) electrons. The SMILES string of the molecule is C.C.C.C.C.C.CC1C(=O)CC(=O)C1C.CC1C2CC(C(=O)NS(=O)(=O)C(F)(F)F)C(C2)C1C.CCC(C)(C)C(=O)OCCOC(=O)CC(C)=O.CCC1CC(C)(O)CC1(F)CC. The number of hydrogen-bond acceptors (Lipinski definition) is 11. The molecule has 378 valence electrons. The summed E-state index contributed by atoms with van der Waals surface area (Å²) in [5.41, 5.74) is -7.85. The number of halogens is 4. The summed E-state index contributed by atoms with van der Waals surface area (Å²) in [6.45, 7) is 20.1. The van der Waals surface area contributed by atoms with Gasteiger partial charge in [-0.05, 0) is 89.4 Å². The molecule has 12 nitrogen and oxygen atoms in total. The van der Waals surface area contributed by atoms with Crippen molar-refractivity contribution in [3.8, 4) is 0 Å². The van der Waals surface area contributed by atoms with Crippen LogP contribution in [-0.4, -0.2) is 78.7 Å². The highest BCUT2D eigenvalue weighted by Gasteiger charge is 2.54. The van der Waals surface area contributed by atoms with E-state index < -0.39 is 50.0 Å².